The number of hydrazine groups is 1. The number of aliphatic hydroxyl groups is 3. The van der Waals surface area contributed by atoms with Gasteiger partial charge in [-0.1, -0.05) is 83.2 Å². The van der Waals surface area contributed by atoms with Crippen LogP contribution in [-0.4, -0.2) is 161 Å². The van der Waals surface area contributed by atoms with E-state index in [1.807, 2.05) is 32.8 Å². The van der Waals surface area contributed by atoms with Gasteiger partial charge in [0.05, 0.1) is 58.7 Å². The van der Waals surface area contributed by atoms with Crippen LogP contribution in [-0.2, 0) is 58.9 Å². The van der Waals surface area contributed by atoms with Crippen LogP contribution in [0.3, 0.4) is 0 Å². The predicted octanol–water partition coefficient (Wildman–Crippen LogP) is 6.87. The number of aliphatic hydroxyl groups excluding tert-OH is 1. The highest BCUT2D eigenvalue weighted by Crippen LogP contribution is 2.42. The first-order valence-corrected chi connectivity index (χ1v) is 28.1. The zero-order valence-corrected chi connectivity index (χ0v) is 48.6. The van der Waals surface area contributed by atoms with Crippen molar-refractivity contribution in [2.75, 3.05) is 27.8 Å². The Bertz CT molecular complexity index is 2140. The maximum Gasteiger partial charge on any atom is 0.422 e. The average molecular weight is 1110 g/mol. The maximum absolute atomic E-state index is 14.8. The number of likely N-dealkylation sites (N-methyl/N-ethyl adjacent to an activating group) is 1. The number of methoxy groups -OCH3 is 1. The van der Waals surface area contributed by atoms with Crippen molar-refractivity contribution in [2.45, 2.75) is 238 Å². The Morgan fingerprint density at radius 1 is 0.936 bits per heavy atom. The van der Waals surface area contributed by atoms with Crippen molar-refractivity contribution in [1.82, 2.24) is 15.8 Å². The molecule has 444 valence electrons. The summed E-state index contributed by atoms with van der Waals surface area (Å²) in [5.41, 5.74) is 0.704. The van der Waals surface area contributed by atoms with Crippen molar-refractivity contribution in [1.29, 1.82) is 0 Å². The van der Waals surface area contributed by atoms with Crippen LogP contribution in [0.15, 0.2) is 29.4 Å². The van der Waals surface area contributed by atoms with Crippen molar-refractivity contribution in [3.05, 3.63) is 39.9 Å². The van der Waals surface area contributed by atoms with E-state index in [2.05, 4.69) is 16.0 Å². The van der Waals surface area contributed by atoms with Gasteiger partial charge in [0, 0.05) is 56.4 Å². The van der Waals surface area contributed by atoms with Gasteiger partial charge in [0.15, 0.2) is 24.8 Å². The summed E-state index contributed by atoms with van der Waals surface area (Å²) >= 11 is 0. The van der Waals surface area contributed by atoms with Gasteiger partial charge in [-0.25, -0.2) is 10.2 Å². The number of esters is 2. The number of amides is 1. The van der Waals surface area contributed by atoms with Gasteiger partial charge in [-0.05, 0) is 93.7 Å². The summed E-state index contributed by atoms with van der Waals surface area (Å²) in [6.45, 7) is 18.5. The molecule has 1 unspecified atom stereocenters. The molecule has 1 saturated carbocycles. The fourth-order valence-electron chi connectivity index (χ4n) is 12.3. The molecular formula is C56H93N5O17. The zero-order chi connectivity index (χ0) is 57.9. The molecule has 4 fully saturated rings. The minimum absolute atomic E-state index is 0.0248. The number of carbonyl (C=O) groups is 3. The molecule has 0 aromatic heterocycles. The molecule has 0 spiro atoms. The molecule has 18 atom stereocenters. The molecule has 1 aromatic carbocycles. The Balaban J connectivity index is 1.59. The SMILES string of the molecule is CC[C@@H]1OC(=O)[C@H](C)[C@@H](O[C@H]2C[C@@](C)(OC)[C@@H](OC(C)=O)[C@H](C)O2)[C@H](C)[C@@H](O[C@@H]2O[C@H](C)C[C@H](N(C)C)[C@H]2OC(=O)NNCc2ccccc2[N+](=O)[O-])C(C)(O)C[C@@H](C)/C(=N\OCCCC2CCCCC2)[C@@H](C)[C@@H](O)[C@]1(C)O. The van der Waals surface area contributed by atoms with E-state index >= 15 is 0 Å². The third-order valence-corrected chi connectivity index (χ3v) is 16.7. The molecule has 0 radical (unpaired) electrons. The maximum atomic E-state index is 14.8. The van der Waals surface area contributed by atoms with Crippen LogP contribution in [0, 0.1) is 39.7 Å². The molecular weight excluding hydrogens is 1010 g/mol. The summed E-state index contributed by atoms with van der Waals surface area (Å²) in [4.78, 5) is 60.0. The van der Waals surface area contributed by atoms with E-state index in [9.17, 15) is 39.8 Å². The Morgan fingerprint density at radius 2 is 1.62 bits per heavy atom. The number of hydrogen-bond acceptors (Lipinski definition) is 20. The van der Waals surface area contributed by atoms with E-state index in [1.54, 1.807) is 66.7 Å². The van der Waals surface area contributed by atoms with Crippen LogP contribution in [0.4, 0.5) is 10.5 Å². The van der Waals surface area contributed by atoms with Crippen LogP contribution < -0.4 is 10.9 Å². The lowest BCUT2D eigenvalue weighted by atomic mass is 9.73. The summed E-state index contributed by atoms with van der Waals surface area (Å²) in [6, 6.07) is 5.60. The number of para-hydroxylation sites is 1. The number of hydrogen-bond donors (Lipinski definition) is 5. The number of ether oxygens (including phenoxy) is 8. The molecule has 1 aromatic rings. The lowest BCUT2D eigenvalue weighted by molar-refractivity contribution is -0.385. The Hall–Kier alpha value is -4.10. The van der Waals surface area contributed by atoms with E-state index in [0.717, 1.165) is 12.8 Å². The standard InChI is InChI=1S/C56H93N5O17/c1-15-43-56(11,67)48(63)34(4)45(59-71-27-21-24-39-22-17-16-18-23-39)32(2)29-54(9,66)49(35(5)46(36(6)51(64)75-43)76-44-30-55(10,70-14)50(37(7)73-44)74-38(8)62)78-52-47(42(60(12)13)28-33(3)72-52)77-53(65)58-57-31-40-25-19-20-26-41(40)61(68)69/h19-20,25-26,32-37,39,42-44,46-50,52,57,63,66-67H,15-18,21-24,27-31H2,1-14H3,(H,58,65)/b59-45+/t32-,33-,34-,35+,36-,37+,42+,43+,44+,46+,47-,48-,49-,50+,52+,54?,55-,56-/m1/s1. The molecule has 5 rings (SSSR count). The Kier molecular flexibility index (Phi) is 23.7. The second-order valence-electron chi connectivity index (χ2n) is 23.4. The van der Waals surface area contributed by atoms with Gasteiger partial charge in [0.2, 0.25) is 0 Å². The second-order valence-corrected chi connectivity index (χ2v) is 23.4. The Morgan fingerprint density at radius 3 is 2.24 bits per heavy atom. The molecule has 0 bridgehead atoms. The van der Waals surface area contributed by atoms with Gasteiger partial charge in [-0.3, -0.25) is 25.1 Å². The monoisotopic (exact) mass is 1110 g/mol. The first kappa shape index (κ1) is 64.7. The molecule has 1 aliphatic carbocycles. The molecule has 5 N–H and O–H groups in total. The fraction of sp³-hybridized carbons (Fsp3) is 0.821. The van der Waals surface area contributed by atoms with Crippen LogP contribution in [0.5, 0.6) is 0 Å². The van der Waals surface area contributed by atoms with E-state index in [1.165, 1.54) is 59.1 Å². The summed E-state index contributed by atoms with van der Waals surface area (Å²) in [5, 5.41) is 54.2. The van der Waals surface area contributed by atoms with Crippen molar-refractivity contribution in [3.8, 4) is 0 Å². The first-order chi connectivity index (χ1) is 36.6. The number of nitro groups is 1. The van der Waals surface area contributed by atoms with Crippen molar-refractivity contribution in [3.63, 3.8) is 0 Å². The number of nitrogens with one attached hydrogen (secondary N) is 2. The van der Waals surface area contributed by atoms with Gasteiger partial charge in [0.25, 0.3) is 5.69 Å². The van der Waals surface area contributed by atoms with Crippen LogP contribution in [0.1, 0.15) is 152 Å². The highest BCUT2D eigenvalue weighted by molar-refractivity contribution is 5.88. The largest absolute Gasteiger partial charge is 0.459 e. The molecule has 3 aliphatic heterocycles. The van der Waals surface area contributed by atoms with Crippen LogP contribution in [0.25, 0.3) is 0 Å². The molecule has 1 amide bonds. The second kappa shape index (κ2) is 28.5. The van der Waals surface area contributed by atoms with Gasteiger partial charge < -0.3 is 63.0 Å². The number of rotatable bonds is 18. The number of benzene rings is 1. The minimum Gasteiger partial charge on any atom is -0.459 e. The van der Waals surface area contributed by atoms with E-state index in [4.69, 9.17) is 42.7 Å². The highest BCUT2D eigenvalue weighted by Gasteiger charge is 2.55. The third kappa shape index (κ3) is 16.5. The summed E-state index contributed by atoms with van der Waals surface area (Å²) in [6.07, 6.45) is -3.70. The van der Waals surface area contributed by atoms with Crippen LogP contribution >= 0.6 is 0 Å². The van der Waals surface area contributed by atoms with E-state index < -0.39 is 131 Å². The number of nitro benzene ring substituents is 1. The summed E-state index contributed by atoms with van der Waals surface area (Å²) in [7, 11) is 5.13. The molecule has 22 nitrogen and oxygen atoms in total. The lowest BCUT2D eigenvalue weighted by Gasteiger charge is -2.49. The van der Waals surface area contributed by atoms with E-state index in [0.29, 0.717) is 30.2 Å². The normalized spacial score (nSPS) is 38.2. The molecule has 4 aliphatic rings. The van der Waals surface area contributed by atoms with Gasteiger partial charge in [-0.2, -0.15) is 0 Å². The topological polar surface area (TPSA) is 278 Å². The first-order valence-electron chi connectivity index (χ1n) is 28.1. The number of oxime groups is 1. The number of nitrogens with zero attached hydrogens (tertiary/aromatic N) is 3. The molecule has 3 heterocycles. The fourth-order valence-corrected chi connectivity index (χ4v) is 12.3. The summed E-state index contributed by atoms with van der Waals surface area (Å²) < 4.78 is 51.1. The molecule has 78 heavy (non-hydrogen) atoms. The number of cyclic esters (lactones) is 1. The van der Waals surface area contributed by atoms with E-state index in [-0.39, 0.29) is 31.5 Å². The molecule has 22 heteroatoms. The van der Waals surface area contributed by atoms with Crippen LogP contribution in [0.2, 0.25) is 0 Å². The minimum atomic E-state index is -2.01. The number of carbonyl (C=O) groups excluding carboxylic acids is 3. The van der Waals surface area contributed by atoms with Gasteiger partial charge >= 0.3 is 18.0 Å². The van der Waals surface area contributed by atoms with Crippen molar-refractivity contribution < 1.29 is 77.4 Å². The molecule has 3 saturated heterocycles. The predicted molar refractivity (Wildman–Crippen MR) is 287 cm³/mol. The van der Waals surface area contributed by atoms with Gasteiger partial charge in [-0.15, -0.1) is 0 Å². The highest BCUT2D eigenvalue weighted by atomic mass is 16.7. The van der Waals surface area contributed by atoms with Gasteiger partial charge in [0.1, 0.15) is 23.9 Å². The smallest absolute Gasteiger partial charge is 0.422 e. The van der Waals surface area contributed by atoms with Crippen molar-refractivity contribution >= 4 is 29.4 Å². The quantitative estimate of drug-likeness (QED) is 0.0330. The zero-order valence-electron chi connectivity index (χ0n) is 48.6. The average Bonchev–Trinajstić information content (AvgIpc) is 3.41. The van der Waals surface area contributed by atoms with Crippen molar-refractivity contribution in [2.24, 2.45) is 34.7 Å². The third-order valence-electron chi connectivity index (χ3n) is 16.7. The lowest BCUT2D eigenvalue weighted by Crippen LogP contribution is -2.62. The summed E-state index contributed by atoms with van der Waals surface area (Å²) in [5.74, 6) is -4.41. The Labute approximate surface area is 461 Å².